The van der Waals surface area contributed by atoms with E-state index in [4.69, 9.17) is 14.2 Å². The van der Waals surface area contributed by atoms with Crippen molar-refractivity contribution in [1.82, 2.24) is 0 Å². The van der Waals surface area contributed by atoms with Crippen LogP contribution in [-0.2, 0) is 31.9 Å². The number of allylic oxidation sites excluding steroid dienone is 6. The second-order valence-electron chi connectivity index (χ2n) is 15.0. The van der Waals surface area contributed by atoms with E-state index >= 15 is 4.79 Å². The second kappa shape index (κ2) is 12.6. The summed E-state index contributed by atoms with van der Waals surface area (Å²) >= 11 is 0. The van der Waals surface area contributed by atoms with Crippen LogP contribution in [0.4, 0.5) is 0 Å². The molecule has 1 aromatic rings. The first-order valence-corrected chi connectivity index (χ1v) is 16.9. The molecular weight excluding hydrogens is 612 g/mol. The number of phenolic OH excluding ortho intramolecular Hbond substituents is 2. The van der Waals surface area contributed by atoms with Gasteiger partial charge in [-0.3, -0.25) is 9.59 Å². The van der Waals surface area contributed by atoms with Crippen LogP contribution in [0.5, 0.6) is 17.2 Å². The zero-order chi connectivity index (χ0) is 35.5. The number of fused-ring (bicyclic) bond motifs is 1. The summed E-state index contributed by atoms with van der Waals surface area (Å²) in [6, 6.07) is 0. The van der Waals surface area contributed by atoms with Crippen LogP contribution in [0, 0.1) is 17.8 Å². The van der Waals surface area contributed by atoms with E-state index in [9.17, 15) is 24.9 Å². The summed E-state index contributed by atoms with van der Waals surface area (Å²) in [5.74, 6) is -4.50. The number of carbonyl (C=O) groups is 3. The molecule has 0 amide bonds. The molecule has 0 radical (unpaired) electrons. The summed E-state index contributed by atoms with van der Waals surface area (Å²) in [5.41, 5.74) is -0.320. The molecule has 48 heavy (non-hydrogen) atoms. The Bertz CT molecular complexity index is 1670. The van der Waals surface area contributed by atoms with E-state index in [-0.39, 0.29) is 59.0 Å². The summed E-state index contributed by atoms with van der Waals surface area (Å²) in [7, 11) is 1.47. The molecule has 260 valence electrons. The van der Waals surface area contributed by atoms with Crippen molar-refractivity contribution in [3.8, 4) is 17.2 Å². The predicted octanol–water partition coefficient (Wildman–Crippen LogP) is 6.97. The molecule has 4 unspecified atom stereocenters. The molecule has 1 aromatic carbocycles. The van der Waals surface area contributed by atoms with Crippen molar-refractivity contribution in [3.05, 3.63) is 63.3 Å². The van der Waals surface area contributed by atoms with Crippen molar-refractivity contribution >= 4 is 17.5 Å². The molecule has 1 spiro atoms. The van der Waals surface area contributed by atoms with Crippen molar-refractivity contribution in [3.63, 3.8) is 0 Å². The van der Waals surface area contributed by atoms with E-state index in [0.717, 1.165) is 24.0 Å². The van der Waals surface area contributed by atoms with Gasteiger partial charge in [0.2, 0.25) is 0 Å². The van der Waals surface area contributed by atoms with Crippen molar-refractivity contribution in [1.29, 1.82) is 0 Å². The number of benzene rings is 1. The fourth-order valence-corrected chi connectivity index (χ4v) is 8.67. The molecule has 6 atom stereocenters. The number of rotatable bonds is 11. The summed E-state index contributed by atoms with van der Waals surface area (Å²) in [5, 5.41) is 33.3. The first kappa shape index (κ1) is 35.6. The average Bonchev–Trinajstić information content (AvgIpc) is 3.14. The van der Waals surface area contributed by atoms with Crippen molar-refractivity contribution in [2.24, 2.45) is 17.8 Å². The molecule has 0 aromatic heterocycles. The average molecular weight is 663 g/mol. The highest BCUT2D eigenvalue weighted by molar-refractivity contribution is 6.09. The van der Waals surface area contributed by atoms with Crippen LogP contribution in [0.3, 0.4) is 0 Å². The van der Waals surface area contributed by atoms with Crippen LogP contribution in [0.2, 0.25) is 0 Å². The standard InChI is InChI=1S/C39H50O9/c1-20(2)11-10-12-22(5)14-16-24-30(40)25(15-13-21(3)4)33-28(31(24)41)32(42)29-34(46-9)26-19-27-37(7,8)48-38(35(26)43,39(27,29)47-33)18-17-23(6)36(44)45/h11,13-14,17,26-27,29,34,40-41H,10,12,15-16,18-19H2,1-9H3,(H,44,45)/b22-14+,23-17+/t26-,27?,29?,34?,38?,39-/m0/s1. The predicted molar refractivity (Wildman–Crippen MR) is 182 cm³/mol. The minimum atomic E-state index is -1.70. The van der Waals surface area contributed by atoms with Crippen molar-refractivity contribution in [2.45, 2.75) is 117 Å². The first-order valence-electron chi connectivity index (χ1n) is 16.9. The number of hydrogen-bond acceptors (Lipinski definition) is 8. The Morgan fingerprint density at radius 3 is 2.19 bits per heavy atom. The maximum atomic E-state index is 15.0. The molecule has 6 rings (SSSR count). The molecule has 5 aliphatic rings. The number of carbonyl (C=O) groups excluding carboxylic acids is 2. The third-order valence-electron chi connectivity index (χ3n) is 11.0. The number of ether oxygens (including phenoxy) is 3. The second-order valence-corrected chi connectivity index (χ2v) is 15.0. The fraction of sp³-hybridized carbons (Fsp3) is 0.564. The number of Topliss-reactive ketones (excluding diaryl/α,β-unsaturated/α-hetero) is 2. The number of hydrogen-bond donors (Lipinski definition) is 3. The van der Waals surface area contributed by atoms with Crippen LogP contribution >= 0.6 is 0 Å². The molecule has 9 nitrogen and oxygen atoms in total. The van der Waals surface area contributed by atoms with Gasteiger partial charge in [0.15, 0.2) is 22.8 Å². The minimum Gasteiger partial charge on any atom is -0.507 e. The number of carboxylic acid groups (broad SMARTS) is 1. The molecule has 4 bridgehead atoms. The Morgan fingerprint density at radius 2 is 1.58 bits per heavy atom. The van der Waals surface area contributed by atoms with Gasteiger partial charge in [0.25, 0.3) is 0 Å². The summed E-state index contributed by atoms with van der Waals surface area (Å²) in [6.45, 7) is 15.1. The minimum absolute atomic E-state index is 0.0298. The van der Waals surface area contributed by atoms with Gasteiger partial charge < -0.3 is 29.5 Å². The molecule has 4 fully saturated rings. The molecule has 3 saturated carbocycles. The van der Waals surface area contributed by atoms with Gasteiger partial charge in [-0.2, -0.15) is 0 Å². The number of aliphatic carboxylic acids is 1. The van der Waals surface area contributed by atoms with Gasteiger partial charge in [-0.25, -0.2) is 4.79 Å². The summed E-state index contributed by atoms with van der Waals surface area (Å²) in [6.07, 6.45) is 8.98. The van der Waals surface area contributed by atoms with Crippen molar-refractivity contribution in [2.75, 3.05) is 7.11 Å². The topological polar surface area (TPSA) is 140 Å². The van der Waals surface area contributed by atoms with E-state index in [1.807, 2.05) is 46.8 Å². The Morgan fingerprint density at radius 1 is 0.938 bits per heavy atom. The number of aromatic hydroxyl groups is 2. The number of methoxy groups -OCH3 is 1. The number of carboxylic acids is 1. The van der Waals surface area contributed by atoms with Gasteiger partial charge in [0, 0.05) is 42.1 Å². The molecule has 3 N–H and O–H groups in total. The Labute approximate surface area is 283 Å². The fourth-order valence-electron chi connectivity index (χ4n) is 8.67. The zero-order valence-electron chi connectivity index (χ0n) is 29.7. The highest BCUT2D eigenvalue weighted by atomic mass is 16.6. The van der Waals surface area contributed by atoms with E-state index in [2.05, 4.69) is 19.9 Å². The molecule has 1 saturated heterocycles. The largest absolute Gasteiger partial charge is 0.507 e. The summed E-state index contributed by atoms with van der Waals surface area (Å²) in [4.78, 5) is 41.4. The highest BCUT2D eigenvalue weighted by Gasteiger charge is 2.85. The van der Waals surface area contributed by atoms with Gasteiger partial charge in [-0.1, -0.05) is 41.0 Å². The normalized spacial score (nSPS) is 30.0. The lowest BCUT2D eigenvalue weighted by Gasteiger charge is -2.62. The highest BCUT2D eigenvalue weighted by Crippen LogP contribution is 2.70. The lowest BCUT2D eigenvalue weighted by molar-refractivity contribution is -0.224. The smallest absolute Gasteiger partial charge is 0.330 e. The SMILES string of the molecule is COC1C2C(=O)c3c(O)c(C/C=C(\C)CCC=C(C)C)c(O)c(CC=C(C)C)c3O[C@@]23C2C[C@@H]1C(=O)C3(C/C=C(\C)C(=O)O)OC2(C)C. The van der Waals surface area contributed by atoms with Gasteiger partial charge in [0.05, 0.1) is 17.6 Å². The Kier molecular flexibility index (Phi) is 9.38. The van der Waals surface area contributed by atoms with Crippen LogP contribution < -0.4 is 4.74 Å². The summed E-state index contributed by atoms with van der Waals surface area (Å²) < 4.78 is 19.7. The van der Waals surface area contributed by atoms with Gasteiger partial charge >= 0.3 is 5.97 Å². The molecule has 2 aliphatic heterocycles. The van der Waals surface area contributed by atoms with Gasteiger partial charge in [0.1, 0.15) is 22.8 Å². The zero-order valence-corrected chi connectivity index (χ0v) is 29.7. The van der Waals surface area contributed by atoms with Crippen LogP contribution in [0.25, 0.3) is 0 Å². The van der Waals surface area contributed by atoms with Crippen molar-refractivity contribution < 1.29 is 43.9 Å². The molecule has 2 heterocycles. The Balaban J connectivity index is 1.75. The lowest BCUT2D eigenvalue weighted by Crippen LogP contribution is -2.80. The van der Waals surface area contributed by atoms with Crippen LogP contribution in [-0.4, -0.2) is 62.9 Å². The maximum absolute atomic E-state index is 15.0. The van der Waals surface area contributed by atoms with Crippen LogP contribution in [0.1, 0.15) is 103 Å². The van der Waals surface area contributed by atoms with E-state index < -0.39 is 52.4 Å². The molecular formula is C39H50O9. The van der Waals surface area contributed by atoms with Crippen LogP contribution in [0.15, 0.2) is 46.6 Å². The third kappa shape index (κ3) is 5.34. The first-order chi connectivity index (χ1) is 22.4. The number of ketones is 2. The van der Waals surface area contributed by atoms with E-state index in [0.29, 0.717) is 12.0 Å². The molecule has 3 aliphatic carbocycles. The van der Waals surface area contributed by atoms with E-state index in [1.54, 1.807) is 0 Å². The lowest BCUT2D eigenvalue weighted by atomic mass is 9.45. The third-order valence-corrected chi connectivity index (χ3v) is 11.0. The maximum Gasteiger partial charge on any atom is 0.330 e. The quantitative estimate of drug-likeness (QED) is 0.169. The van der Waals surface area contributed by atoms with Gasteiger partial charge in [-0.05, 0) is 87.5 Å². The molecule has 9 heteroatoms. The monoisotopic (exact) mass is 662 g/mol. The Hall–Kier alpha value is -3.69. The van der Waals surface area contributed by atoms with E-state index in [1.165, 1.54) is 25.7 Å². The van der Waals surface area contributed by atoms with Gasteiger partial charge in [-0.15, -0.1) is 0 Å². The number of phenols is 2.